The molecule has 0 aliphatic rings. The summed E-state index contributed by atoms with van der Waals surface area (Å²) < 4.78 is 34.5. The molecule has 1 N–H and O–H groups in total. The standard InChI is InChI=1S/C23H31NO5S/c1-5-20(18-10-12-19(13-11-18)30(4,26)27)24-23(25)15-9-17-8-14-21(28-6-2)22(16-17)29-7-3/h8,10-14,16,20H,5-7,9,15H2,1-4H3,(H,24,25). The zero-order valence-electron chi connectivity index (χ0n) is 18.1. The van der Waals surface area contributed by atoms with E-state index in [-0.39, 0.29) is 16.8 Å². The van der Waals surface area contributed by atoms with Gasteiger partial charge in [0.1, 0.15) is 0 Å². The lowest BCUT2D eigenvalue weighted by atomic mass is 10.0. The number of aryl methyl sites for hydroxylation is 1. The van der Waals surface area contributed by atoms with Crippen LogP contribution in [0.4, 0.5) is 0 Å². The zero-order valence-corrected chi connectivity index (χ0v) is 18.9. The van der Waals surface area contributed by atoms with Gasteiger partial charge in [-0.25, -0.2) is 8.42 Å². The molecule has 1 amide bonds. The van der Waals surface area contributed by atoms with Crippen molar-refractivity contribution in [2.75, 3.05) is 19.5 Å². The molecule has 0 bridgehead atoms. The summed E-state index contributed by atoms with van der Waals surface area (Å²) in [6.45, 7) is 6.93. The number of carbonyl (C=O) groups is 1. The monoisotopic (exact) mass is 433 g/mol. The Labute approximate surface area is 179 Å². The number of rotatable bonds is 11. The first-order chi connectivity index (χ1) is 14.3. The maximum Gasteiger partial charge on any atom is 0.220 e. The van der Waals surface area contributed by atoms with Gasteiger partial charge in [-0.15, -0.1) is 0 Å². The van der Waals surface area contributed by atoms with Crippen LogP contribution in [0.15, 0.2) is 47.4 Å². The van der Waals surface area contributed by atoms with Gasteiger partial charge in [-0.2, -0.15) is 0 Å². The highest BCUT2D eigenvalue weighted by Crippen LogP contribution is 2.29. The Balaban J connectivity index is 1.99. The highest BCUT2D eigenvalue weighted by atomic mass is 32.2. The molecule has 30 heavy (non-hydrogen) atoms. The first kappa shape index (κ1) is 23.7. The molecule has 0 aliphatic heterocycles. The van der Waals surface area contributed by atoms with Crippen molar-refractivity contribution in [1.29, 1.82) is 0 Å². The highest BCUT2D eigenvalue weighted by Gasteiger charge is 2.15. The average Bonchev–Trinajstić information content (AvgIpc) is 2.72. The van der Waals surface area contributed by atoms with Crippen LogP contribution in [0, 0.1) is 0 Å². The summed E-state index contributed by atoms with van der Waals surface area (Å²) in [7, 11) is -3.24. The Hall–Kier alpha value is -2.54. The molecular weight excluding hydrogens is 402 g/mol. The van der Waals surface area contributed by atoms with Crippen LogP contribution in [0.5, 0.6) is 11.5 Å². The fraction of sp³-hybridized carbons (Fsp3) is 0.435. The van der Waals surface area contributed by atoms with E-state index in [0.717, 1.165) is 11.1 Å². The molecule has 0 radical (unpaired) electrons. The lowest BCUT2D eigenvalue weighted by molar-refractivity contribution is -0.121. The van der Waals surface area contributed by atoms with E-state index in [4.69, 9.17) is 9.47 Å². The van der Waals surface area contributed by atoms with Crippen LogP contribution in [0.1, 0.15) is 50.8 Å². The molecule has 164 valence electrons. The van der Waals surface area contributed by atoms with Crippen molar-refractivity contribution in [2.45, 2.75) is 51.0 Å². The van der Waals surface area contributed by atoms with Crippen LogP contribution in [0.3, 0.4) is 0 Å². The largest absolute Gasteiger partial charge is 0.490 e. The molecular formula is C23H31NO5S. The Morgan fingerprint density at radius 1 is 0.967 bits per heavy atom. The Bertz CT molecular complexity index is 939. The Morgan fingerprint density at radius 2 is 1.60 bits per heavy atom. The minimum Gasteiger partial charge on any atom is -0.490 e. The van der Waals surface area contributed by atoms with E-state index in [1.54, 1.807) is 24.3 Å². The Morgan fingerprint density at radius 3 is 2.17 bits per heavy atom. The van der Waals surface area contributed by atoms with Gasteiger partial charge < -0.3 is 14.8 Å². The SMILES string of the molecule is CCOc1ccc(CCC(=O)NC(CC)c2ccc(S(C)(=O)=O)cc2)cc1OCC. The lowest BCUT2D eigenvalue weighted by Crippen LogP contribution is -2.28. The van der Waals surface area contributed by atoms with Crippen LogP contribution in [0.25, 0.3) is 0 Å². The van der Waals surface area contributed by atoms with Crippen molar-refractivity contribution < 1.29 is 22.7 Å². The molecule has 1 atom stereocenters. The van der Waals surface area contributed by atoms with Gasteiger partial charge in [0.2, 0.25) is 5.91 Å². The first-order valence-electron chi connectivity index (χ1n) is 10.3. The van der Waals surface area contributed by atoms with E-state index < -0.39 is 9.84 Å². The van der Waals surface area contributed by atoms with E-state index in [9.17, 15) is 13.2 Å². The van der Waals surface area contributed by atoms with Crippen LogP contribution in [-0.4, -0.2) is 33.8 Å². The molecule has 7 heteroatoms. The van der Waals surface area contributed by atoms with E-state index >= 15 is 0 Å². The second-order valence-electron chi connectivity index (χ2n) is 7.02. The third-order valence-corrected chi connectivity index (χ3v) is 5.83. The molecule has 2 rings (SSSR count). The van der Waals surface area contributed by atoms with Crippen molar-refractivity contribution >= 4 is 15.7 Å². The van der Waals surface area contributed by atoms with E-state index in [1.807, 2.05) is 39.0 Å². The minimum atomic E-state index is -3.24. The number of hydrogen-bond acceptors (Lipinski definition) is 5. The van der Waals surface area contributed by atoms with Gasteiger partial charge in [-0.05, 0) is 62.1 Å². The van der Waals surface area contributed by atoms with Crippen LogP contribution >= 0.6 is 0 Å². The van der Waals surface area contributed by atoms with Crippen LogP contribution < -0.4 is 14.8 Å². The second kappa shape index (κ2) is 11.0. The topological polar surface area (TPSA) is 81.7 Å². The molecule has 0 spiro atoms. The first-order valence-corrected chi connectivity index (χ1v) is 12.2. The molecule has 0 saturated carbocycles. The Kier molecular flexibility index (Phi) is 8.72. The maximum atomic E-state index is 12.5. The van der Waals surface area contributed by atoms with E-state index in [2.05, 4.69) is 5.32 Å². The van der Waals surface area contributed by atoms with E-state index in [0.29, 0.717) is 44.0 Å². The number of nitrogens with one attached hydrogen (secondary N) is 1. The number of sulfone groups is 1. The summed E-state index contributed by atoms with van der Waals surface area (Å²) >= 11 is 0. The molecule has 2 aromatic rings. The number of amides is 1. The van der Waals surface area contributed by atoms with Gasteiger partial charge in [0, 0.05) is 12.7 Å². The average molecular weight is 434 g/mol. The maximum absolute atomic E-state index is 12.5. The third kappa shape index (κ3) is 6.76. The molecule has 0 heterocycles. The lowest BCUT2D eigenvalue weighted by Gasteiger charge is -2.18. The van der Waals surface area contributed by atoms with Gasteiger partial charge in [0.05, 0.1) is 24.2 Å². The number of ether oxygens (including phenoxy) is 2. The third-order valence-electron chi connectivity index (χ3n) is 4.70. The molecule has 0 saturated heterocycles. The fourth-order valence-corrected chi connectivity index (χ4v) is 3.77. The van der Waals surface area contributed by atoms with Gasteiger partial charge in [0.25, 0.3) is 0 Å². The normalized spacial score (nSPS) is 12.3. The number of hydrogen-bond donors (Lipinski definition) is 1. The van der Waals surface area contributed by atoms with Gasteiger partial charge in [-0.1, -0.05) is 25.1 Å². The van der Waals surface area contributed by atoms with Crippen molar-refractivity contribution in [1.82, 2.24) is 5.32 Å². The molecule has 0 aliphatic carbocycles. The quantitative estimate of drug-likeness (QED) is 0.577. The predicted octanol–water partition coefficient (Wildman–Crippen LogP) is 4.09. The number of benzene rings is 2. The fourth-order valence-electron chi connectivity index (χ4n) is 3.14. The van der Waals surface area contributed by atoms with Crippen molar-refractivity contribution in [2.24, 2.45) is 0 Å². The predicted molar refractivity (Wildman–Crippen MR) is 118 cm³/mol. The van der Waals surface area contributed by atoms with Gasteiger partial charge >= 0.3 is 0 Å². The summed E-state index contributed by atoms with van der Waals surface area (Å²) in [4.78, 5) is 12.8. The minimum absolute atomic E-state index is 0.0547. The van der Waals surface area contributed by atoms with Crippen LogP contribution in [-0.2, 0) is 21.1 Å². The molecule has 0 fully saturated rings. The summed E-state index contributed by atoms with van der Waals surface area (Å²) in [5.74, 6) is 1.34. The van der Waals surface area contributed by atoms with Gasteiger partial charge in [-0.3, -0.25) is 4.79 Å². The summed E-state index contributed by atoms with van der Waals surface area (Å²) in [5, 5.41) is 3.04. The van der Waals surface area contributed by atoms with Gasteiger partial charge in [0.15, 0.2) is 21.3 Å². The van der Waals surface area contributed by atoms with Crippen molar-refractivity contribution in [3.63, 3.8) is 0 Å². The van der Waals surface area contributed by atoms with E-state index in [1.165, 1.54) is 6.26 Å². The smallest absolute Gasteiger partial charge is 0.220 e. The summed E-state index contributed by atoms with van der Waals surface area (Å²) in [5.41, 5.74) is 1.89. The summed E-state index contributed by atoms with van der Waals surface area (Å²) in [6.07, 6.45) is 2.82. The highest BCUT2D eigenvalue weighted by molar-refractivity contribution is 7.90. The van der Waals surface area contributed by atoms with Crippen LogP contribution in [0.2, 0.25) is 0 Å². The molecule has 0 aromatic heterocycles. The molecule has 2 aromatic carbocycles. The molecule has 6 nitrogen and oxygen atoms in total. The summed E-state index contributed by atoms with van der Waals surface area (Å²) in [6, 6.07) is 12.2. The second-order valence-corrected chi connectivity index (χ2v) is 9.03. The van der Waals surface area contributed by atoms with Crippen molar-refractivity contribution in [3.05, 3.63) is 53.6 Å². The zero-order chi connectivity index (χ0) is 22.1. The molecule has 1 unspecified atom stereocenters. The van der Waals surface area contributed by atoms with Crippen molar-refractivity contribution in [3.8, 4) is 11.5 Å². The number of carbonyl (C=O) groups excluding carboxylic acids is 1.